The Morgan fingerprint density at radius 3 is 2.22 bits per heavy atom. The summed E-state index contributed by atoms with van der Waals surface area (Å²) in [6, 6.07) is 2.27. The molecule has 0 radical (unpaired) electrons. The summed E-state index contributed by atoms with van der Waals surface area (Å²) in [5.41, 5.74) is 0. The van der Waals surface area contributed by atoms with Gasteiger partial charge in [0.05, 0.1) is 18.6 Å². The Morgan fingerprint density at radius 1 is 1.19 bits per heavy atom. The van der Waals surface area contributed by atoms with Crippen LogP contribution in [-0.2, 0) is 9.32 Å². The van der Waals surface area contributed by atoms with Gasteiger partial charge in [-0.15, -0.1) is 0 Å². The molecule has 0 rings (SSSR count). The number of nitrogens with zero attached hydrogens (tertiary/aromatic N) is 2. The molecule has 0 aliphatic rings. The van der Waals surface area contributed by atoms with Crippen LogP contribution >= 0.6 is 8.53 Å². The molecule has 0 aliphatic heterocycles. The van der Waals surface area contributed by atoms with E-state index in [0.29, 0.717) is 19.3 Å². The van der Waals surface area contributed by atoms with Crippen LogP contribution in [0, 0.1) is 11.3 Å². The molecule has 0 saturated heterocycles. The first kappa shape index (κ1) is 26.1. The zero-order valence-electron chi connectivity index (χ0n) is 16.4. The minimum atomic E-state index is -4.84. The highest BCUT2D eigenvalue weighted by Crippen LogP contribution is 2.42. The molecule has 0 aromatic carbocycles. The monoisotopic (exact) mass is 413 g/mol. The number of amides is 1. The Morgan fingerprint density at radius 2 is 1.74 bits per heavy atom. The van der Waals surface area contributed by atoms with Crippen molar-refractivity contribution in [2.75, 3.05) is 6.54 Å². The second kappa shape index (κ2) is 13.3. The molecule has 0 aromatic heterocycles. The average Bonchev–Trinajstić information content (AvgIpc) is 2.51. The maximum absolute atomic E-state index is 12.0. The van der Waals surface area contributed by atoms with E-state index < -0.39 is 20.6 Å². The quantitative estimate of drug-likeness (QED) is 0.348. The van der Waals surface area contributed by atoms with Gasteiger partial charge in [-0.25, -0.2) is 4.67 Å². The van der Waals surface area contributed by atoms with Crippen molar-refractivity contribution in [1.29, 1.82) is 5.26 Å². The molecular weight excluding hydrogens is 382 g/mol. The first-order valence-electron chi connectivity index (χ1n) is 9.16. The van der Waals surface area contributed by atoms with Crippen LogP contribution in [0.15, 0.2) is 0 Å². The second-order valence-electron chi connectivity index (χ2n) is 6.87. The highest BCUT2D eigenvalue weighted by Gasteiger charge is 2.38. The largest absolute Gasteiger partial charge is 0.471 e. The standard InChI is InChI=1S/C17H31F3N3O3P/c1-13(2)23(14(3)4)27(25)26-15(10-11-21)9-7-5-6-8-12-22-16(24)17(18,19)20/h13-15,25H,5-10,12H2,1-4H3,(H,22,24). The molecule has 0 fully saturated rings. The lowest BCUT2D eigenvalue weighted by molar-refractivity contribution is -0.173. The van der Waals surface area contributed by atoms with Gasteiger partial charge in [-0.1, -0.05) is 19.3 Å². The Bertz CT molecular complexity index is 463. The number of nitriles is 1. The van der Waals surface area contributed by atoms with Crippen molar-refractivity contribution < 1.29 is 27.4 Å². The van der Waals surface area contributed by atoms with Crippen molar-refractivity contribution in [3.8, 4) is 6.07 Å². The molecule has 0 bridgehead atoms. The fraction of sp³-hybridized carbons (Fsp3) is 0.882. The number of halogens is 3. The van der Waals surface area contributed by atoms with Crippen LogP contribution in [0.25, 0.3) is 0 Å². The topological polar surface area (TPSA) is 85.6 Å². The van der Waals surface area contributed by atoms with Crippen LogP contribution in [0.2, 0.25) is 0 Å². The van der Waals surface area contributed by atoms with Crippen molar-refractivity contribution in [2.45, 2.75) is 90.6 Å². The summed E-state index contributed by atoms with van der Waals surface area (Å²) in [7, 11) is -1.79. The predicted octanol–water partition coefficient (Wildman–Crippen LogP) is 4.25. The lowest BCUT2D eigenvalue weighted by Crippen LogP contribution is -2.37. The highest BCUT2D eigenvalue weighted by atomic mass is 31.2. The molecule has 0 saturated carbocycles. The van der Waals surface area contributed by atoms with E-state index in [0.717, 1.165) is 12.8 Å². The average molecular weight is 413 g/mol. The van der Waals surface area contributed by atoms with Crippen LogP contribution < -0.4 is 5.32 Å². The summed E-state index contributed by atoms with van der Waals surface area (Å²) < 4.78 is 43.7. The normalized spacial score (nSPS) is 14.4. The Balaban J connectivity index is 4.16. The molecule has 2 atom stereocenters. The highest BCUT2D eigenvalue weighted by molar-refractivity contribution is 7.43. The molecule has 10 heteroatoms. The first-order valence-corrected chi connectivity index (χ1v) is 10.3. The molecule has 27 heavy (non-hydrogen) atoms. The van der Waals surface area contributed by atoms with Crippen molar-refractivity contribution in [2.24, 2.45) is 0 Å². The van der Waals surface area contributed by atoms with Gasteiger partial charge in [0.25, 0.3) is 8.53 Å². The van der Waals surface area contributed by atoms with Gasteiger partial charge < -0.3 is 14.7 Å². The maximum atomic E-state index is 12.0. The SMILES string of the molecule is CC(C)N(C(C)C)P(O)OC(CC#N)CCCCCCNC(=O)C(F)(F)F. The van der Waals surface area contributed by atoms with Crippen LogP contribution in [0.3, 0.4) is 0 Å². The van der Waals surface area contributed by atoms with E-state index in [1.165, 1.54) is 0 Å². The summed E-state index contributed by atoms with van der Waals surface area (Å²) in [5, 5.41) is 10.8. The summed E-state index contributed by atoms with van der Waals surface area (Å²) in [4.78, 5) is 21.0. The molecule has 1 amide bonds. The number of carbonyl (C=O) groups is 1. The molecule has 2 unspecified atom stereocenters. The minimum absolute atomic E-state index is 0.0177. The lowest BCUT2D eigenvalue weighted by Gasteiger charge is -2.34. The second-order valence-corrected chi connectivity index (χ2v) is 8.04. The van der Waals surface area contributed by atoms with Crippen molar-refractivity contribution in [1.82, 2.24) is 9.99 Å². The number of carbonyl (C=O) groups excluding carboxylic acids is 1. The third-order valence-corrected chi connectivity index (χ3v) is 5.62. The Labute approximate surface area is 161 Å². The number of unbranched alkanes of at least 4 members (excludes halogenated alkanes) is 3. The van der Waals surface area contributed by atoms with Gasteiger partial charge >= 0.3 is 12.1 Å². The molecule has 0 aromatic rings. The molecule has 158 valence electrons. The van der Waals surface area contributed by atoms with Crippen LogP contribution in [0.5, 0.6) is 0 Å². The van der Waals surface area contributed by atoms with Crippen molar-refractivity contribution in [3.63, 3.8) is 0 Å². The predicted molar refractivity (Wildman–Crippen MR) is 98.5 cm³/mol. The Kier molecular flexibility index (Phi) is 12.8. The van der Waals surface area contributed by atoms with Gasteiger partial charge in [0.15, 0.2) is 0 Å². The van der Waals surface area contributed by atoms with Gasteiger partial charge in [0, 0.05) is 18.6 Å². The summed E-state index contributed by atoms with van der Waals surface area (Å²) in [6.07, 6.45) is -1.87. The Hall–Kier alpha value is -0.940. The number of hydrogen-bond acceptors (Lipinski definition) is 5. The maximum Gasteiger partial charge on any atom is 0.471 e. The van der Waals surface area contributed by atoms with Crippen LogP contribution in [0.1, 0.15) is 66.2 Å². The molecule has 0 heterocycles. The third kappa shape index (κ3) is 11.5. The van der Waals surface area contributed by atoms with E-state index in [1.807, 2.05) is 37.7 Å². The minimum Gasteiger partial charge on any atom is -0.348 e. The molecular formula is C17H31F3N3O3P. The van der Waals surface area contributed by atoms with Gasteiger partial charge in [-0.2, -0.15) is 18.4 Å². The van der Waals surface area contributed by atoms with E-state index in [9.17, 15) is 22.9 Å². The van der Waals surface area contributed by atoms with Gasteiger partial charge in [0.2, 0.25) is 0 Å². The fourth-order valence-electron chi connectivity index (χ4n) is 2.63. The number of nitrogens with one attached hydrogen (secondary N) is 1. The molecule has 2 N–H and O–H groups in total. The van der Waals surface area contributed by atoms with Gasteiger partial charge in [0.1, 0.15) is 0 Å². The van der Waals surface area contributed by atoms with E-state index in [2.05, 4.69) is 6.07 Å². The van der Waals surface area contributed by atoms with E-state index >= 15 is 0 Å². The molecule has 0 spiro atoms. The first-order chi connectivity index (χ1) is 12.5. The van der Waals surface area contributed by atoms with E-state index in [-0.39, 0.29) is 31.2 Å². The van der Waals surface area contributed by atoms with E-state index in [1.54, 1.807) is 0 Å². The smallest absolute Gasteiger partial charge is 0.348 e. The van der Waals surface area contributed by atoms with Crippen molar-refractivity contribution >= 4 is 14.4 Å². The molecule has 6 nitrogen and oxygen atoms in total. The lowest BCUT2D eigenvalue weighted by atomic mass is 10.1. The zero-order valence-corrected chi connectivity index (χ0v) is 17.3. The summed E-state index contributed by atoms with van der Waals surface area (Å²) in [5.74, 6) is -1.92. The fourth-order valence-corrected chi connectivity index (χ4v) is 3.97. The van der Waals surface area contributed by atoms with Gasteiger partial charge in [-0.3, -0.25) is 4.79 Å². The number of alkyl halides is 3. The van der Waals surface area contributed by atoms with E-state index in [4.69, 9.17) is 9.79 Å². The third-order valence-electron chi connectivity index (χ3n) is 3.81. The molecule has 0 aliphatic carbocycles. The summed E-state index contributed by atoms with van der Waals surface area (Å²) >= 11 is 0. The van der Waals surface area contributed by atoms with Crippen LogP contribution in [-0.4, -0.2) is 46.4 Å². The number of rotatable bonds is 13. The van der Waals surface area contributed by atoms with Crippen LogP contribution in [0.4, 0.5) is 13.2 Å². The zero-order chi connectivity index (χ0) is 21.0. The number of hydrogen-bond donors (Lipinski definition) is 2. The van der Waals surface area contributed by atoms with Gasteiger partial charge in [-0.05, 0) is 40.5 Å². The summed E-state index contributed by atoms with van der Waals surface area (Å²) in [6.45, 7) is 7.84. The van der Waals surface area contributed by atoms with Crippen molar-refractivity contribution in [3.05, 3.63) is 0 Å².